The number of methoxy groups -OCH3 is 3. The Labute approximate surface area is 199 Å². The largest absolute Gasteiger partial charge is 0.469 e. The number of carbonyl (C=O) groups is 1. The van der Waals surface area contributed by atoms with Gasteiger partial charge in [-0.25, -0.2) is 0 Å². The van der Waals surface area contributed by atoms with Gasteiger partial charge in [-0.3, -0.25) is 4.79 Å². The summed E-state index contributed by atoms with van der Waals surface area (Å²) in [6, 6.07) is 0. The van der Waals surface area contributed by atoms with Gasteiger partial charge in [0.25, 0.3) is 0 Å². The van der Waals surface area contributed by atoms with E-state index in [1.807, 2.05) is 0 Å². The van der Waals surface area contributed by atoms with Gasteiger partial charge in [0, 0.05) is 38.4 Å². The van der Waals surface area contributed by atoms with Crippen molar-refractivity contribution in [2.75, 3.05) is 21.3 Å². The molecule has 4 aliphatic carbocycles. The molecule has 0 aliphatic heterocycles. The van der Waals surface area contributed by atoms with Crippen molar-refractivity contribution < 1.29 is 29.2 Å². The van der Waals surface area contributed by atoms with Gasteiger partial charge in [0.1, 0.15) is 0 Å². The molecule has 188 valence electrons. The lowest BCUT2D eigenvalue weighted by Crippen LogP contribution is -2.56. The maximum Gasteiger partial charge on any atom is 0.305 e. The van der Waals surface area contributed by atoms with Crippen LogP contribution in [0, 0.1) is 34.5 Å². The number of esters is 1. The number of hydrogen-bond acceptors (Lipinski definition) is 6. The molecule has 0 aromatic rings. The van der Waals surface area contributed by atoms with Crippen molar-refractivity contribution in [1.82, 2.24) is 0 Å². The molecular formula is C27H44O6. The number of rotatable bonds is 6. The molecule has 0 aromatic heterocycles. The topological polar surface area (TPSA) is 85.2 Å². The Hall–Kier alpha value is -0.950. The van der Waals surface area contributed by atoms with Crippen LogP contribution in [0.2, 0.25) is 0 Å². The Morgan fingerprint density at radius 3 is 2.39 bits per heavy atom. The van der Waals surface area contributed by atoms with Crippen molar-refractivity contribution in [1.29, 1.82) is 0 Å². The molecule has 0 radical (unpaired) electrons. The summed E-state index contributed by atoms with van der Waals surface area (Å²) in [7, 11) is 4.78. The molecule has 0 saturated heterocycles. The second-order valence-electron chi connectivity index (χ2n) is 11.7. The van der Waals surface area contributed by atoms with Crippen LogP contribution in [0.25, 0.3) is 0 Å². The van der Waals surface area contributed by atoms with Crippen LogP contribution < -0.4 is 0 Å². The predicted molar refractivity (Wildman–Crippen MR) is 125 cm³/mol. The summed E-state index contributed by atoms with van der Waals surface area (Å²) in [4.78, 5) is 11.7. The van der Waals surface area contributed by atoms with Crippen molar-refractivity contribution >= 4 is 5.97 Å². The molecule has 4 fully saturated rings. The second kappa shape index (κ2) is 8.92. The van der Waals surface area contributed by atoms with Gasteiger partial charge in [-0.05, 0) is 75.0 Å². The molecule has 0 amide bonds. The molecule has 0 heterocycles. The smallest absolute Gasteiger partial charge is 0.305 e. The van der Waals surface area contributed by atoms with E-state index in [1.54, 1.807) is 14.2 Å². The fraction of sp³-hybridized carbons (Fsp3) is 0.889. The number of fused-ring (bicyclic) bond motifs is 5. The third-order valence-electron chi connectivity index (χ3n) is 10.6. The summed E-state index contributed by atoms with van der Waals surface area (Å²) < 4.78 is 16.5. The van der Waals surface area contributed by atoms with E-state index < -0.39 is 18.0 Å². The lowest BCUT2D eigenvalue weighted by atomic mass is 9.54. The standard InChI is InChI=1S/C27H44O6/c1-16(7-10-21(29)31-4)18-8-9-19-22-20(12-13-25(18,19)2)26(3)14-11-17(28)15-27(26,30)23(22)24(32-5)33-6/h17,19-20,22-24,28,30H,7-15H2,1-6H3/b18-16+/t17?,19?,20?,22?,23-,25+,26+,27+/m0/s1. The Morgan fingerprint density at radius 1 is 1.06 bits per heavy atom. The highest BCUT2D eigenvalue weighted by Gasteiger charge is 2.73. The van der Waals surface area contributed by atoms with Gasteiger partial charge in [-0.15, -0.1) is 0 Å². The maximum atomic E-state index is 12.3. The minimum Gasteiger partial charge on any atom is -0.469 e. The third-order valence-corrected chi connectivity index (χ3v) is 10.6. The molecule has 0 bridgehead atoms. The molecule has 4 unspecified atom stereocenters. The molecule has 8 atom stereocenters. The van der Waals surface area contributed by atoms with Crippen molar-refractivity contribution in [2.24, 2.45) is 34.5 Å². The molecule has 0 spiro atoms. The first-order chi connectivity index (χ1) is 15.6. The molecule has 33 heavy (non-hydrogen) atoms. The number of ether oxygens (including phenoxy) is 3. The van der Waals surface area contributed by atoms with Gasteiger partial charge in [-0.1, -0.05) is 25.0 Å². The van der Waals surface area contributed by atoms with E-state index in [0.717, 1.165) is 44.9 Å². The van der Waals surface area contributed by atoms with Crippen LogP contribution in [0.4, 0.5) is 0 Å². The summed E-state index contributed by atoms with van der Waals surface area (Å²) >= 11 is 0. The van der Waals surface area contributed by atoms with Crippen molar-refractivity contribution in [3.8, 4) is 0 Å². The lowest BCUT2D eigenvalue weighted by Gasteiger charge is -2.51. The van der Waals surface area contributed by atoms with E-state index in [2.05, 4.69) is 20.8 Å². The quantitative estimate of drug-likeness (QED) is 0.348. The normalized spacial score (nSPS) is 46.0. The van der Waals surface area contributed by atoms with Crippen LogP contribution in [0.3, 0.4) is 0 Å². The summed E-state index contributed by atoms with van der Waals surface area (Å²) in [6.07, 6.45) is 6.49. The van der Waals surface area contributed by atoms with Crippen LogP contribution in [0.15, 0.2) is 11.1 Å². The third kappa shape index (κ3) is 3.62. The fourth-order valence-corrected chi connectivity index (χ4v) is 9.01. The van der Waals surface area contributed by atoms with Gasteiger partial charge in [-0.2, -0.15) is 0 Å². The van der Waals surface area contributed by atoms with E-state index in [4.69, 9.17) is 14.2 Å². The van der Waals surface area contributed by atoms with Crippen molar-refractivity contribution in [3.05, 3.63) is 11.1 Å². The van der Waals surface area contributed by atoms with E-state index >= 15 is 0 Å². The van der Waals surface area contributed by atoms with Crippen LogP contribution in [0.1, 0.15) is 78.6 Å². The zero-order valence-electron chi connectivity index (χ0n) is 21.4. The predicted octanol–water partition coefficient (Wildman–Crippen LogP) is 4.23. The van der Waals surface area contributed by atoms with Gasteiger partial charge < -0.3 is 24.4 Å². The maximum absolute atomic E-state index is 12.3. The van der Waals surface area contributed by atoms with Crippen LogP contribution in [0.5, 0.6) is 0 Å². The molecule has 6 nitrogen and oxygen atoms in total. The first-order valence-corrected chi connectivity index (χ1v) is 12.8. The average Bonchev–Trinajstić information content (AvgIpc) is 3.23. The highest BCUT2D eigenvalue weighted by molar-refractivity contribution is 5.69. The Bertz CT molecular complexity index is 789. The summed E-state index contributed by atoms with van der Waals surface area (Å²) in [5, 5.41) is 22.9. The first-order valence-electron chi connectivity index (χ1n) is 12.8. The number of carbonyl (C=O) groups excluding carboxylic acids is 1. The molecule has 4 rings (SSSR count). The molecule has 0 aromatic carbocycles. The van der Waals surface area contributed by atoms with E-state index in [-0.39, 0.29) is 28.6 Å². The molecule has 2 N–H and O–H groups in total. The van der Waals surface area contributed by atoms with Crippen molar-refractivity contribution in [3.63, 3.8) is 0 Å². The Kier molecular flexibility index (Phi) is 6.80. The Balaban J connectivity index is 1.73. The first kappa shape index (κ1) is 25.2. The summed E-state index contributed by atoms with van der Waals surface area (Å²) in [5.74, 6) is 0.771. The SMILES string of the molecule is COC(=O)CC/C(C)=C1\CCC2C3C(CC[C@]12C)[C@@]1(C)CCC(O)C[C@@]1(O)[C@@H]3C(OC)OC. The highest BCUT2D eigenvalue weighted by Crippen LogP contribution is 2.73. The van der Waals surface area contributed by atoms with Gasteiger partial charge in [0.15, 0.2) is 6.29 Å². The molecule has 4 aliphatic rings. The number of allylic oxidation sites excluding steroid dienone is 2. The highest BCUT2D eigenvalue weighted by atomic mass is 16.7. The Morgan fingerprint density at radius 2 is 1.76 bits per heavy atom. The van der Waals surface area contributed by atoms with Crippen LogP contribution in [-0.4, -0.2) is 55.5 Å². The summed E-state index contributed by atoms with van der Waals surface area (Å²) in [6.45, 7) is 6.85. The van der Waals surface area contributed by atoms with E-state index in [0.29, 0.717) is 24.7 Å². The van der Waals surface area contributed by atoms with E-state index in [9.17, 15) is 15.0 Å². The number of aliphatic hydroxyl groups excluding tert-OH is 1. The zero-order valence-corrected chi connectivity index (χ0v) is 21.4. The second-order valence-corrected chi connectivity index (χ2v) is 11.7. The number of aliphatic hydroxyl groups is 2. The monoisotopic (exact) mass is 464 g/mol. The molecule has 6 heteroatoms. The van der Waals surface area contributed by atoms with Crippen LogP contribution >= 0.6 is 0 Å². The summed E-state index contributed by atoms with van der Waals surface area (Å²) in [5.41, 5.74) is 1.64. The zero-order chi connectivity index (χ0) is 24.2. The van der Waals surface area contributed by atoms with Crippen molar-refractivity contribution in [2.45, 2.75) is 96.6 Å². The molecule has 4 saturated carbocycles. The average molecular weight is 465 g/mol. The van der Waals surface area contributed by atoms with Crippen LogP contribution in [-0.2, 0) is 19.0 Å². The van der Waals surface area contributed by atoms with Gasteiger partial charge in [0.2, 0.25) is 0 Å². The van der Waals surface area contributed by atoms with Gasteiger partial charge >= 0.3 is 5.97 Å². The fourth-order valence-electron chi connectivity index (χ4n) is 9.01. The van der Waals surface area contributed by atoms with E-state index in [1.165, 1.54) is 18.3 Å². The minimum atomic E-state index is -1.01. The minimum absolute atomic E-state index is 0.0600. The lowest BCUT2D eigenvalue weighted by molar-refractivity contribution is -0.226. The number of hydrogen-bond donors (Lipinski definition) is 2. The molecular weight excluding hydrogens is 420 g/mol. The van der Waals surface area contributed by atoms with Gasteiger partial charge in [0.05, 0.1) is 18.8 Å².